The molecule has 2 heteroatoms. The van der Waals surface area contributed by atoms with Crippen LogP contribution in [0.2, 0.25) is 0 Å². The first-order chi connectivity index (χ1) is 5.46. The molecule has 0 aromatic rings. The Labute approximate surface area is 75.8 Å². The molecule has 0 spiro atoms. The van der Waals surface area contributed by atoms with Gasteiger partial charge in [0.05, 0.1) is 5.60 Å². The van der Waals surface area contributed by atoms with Crippen LogP contribution in [0.15, 0.2) is 12.2 Å². The number of rotatable bonds is 5. The molecule has 0 rings (SSSR count). The van der Waals surface area contributed by atoms with Crippen LogP contribution in [-0.4, -0.2) is 18.8 Å². The van der Waals surface area contributed by atoms with Crippen molar-refractivity contribution < 1.29 is 4.74 Å². The Morgan fingerprint density at radius 2 is 2.17 bits per heavy atom. The predicted octanol–water partition coefficient (Wildman–Crippen LogP) is 2.09. The molecule has 2 atom stereocenters. The van der Waals surface area contributed by atoms with Gasteiger partial charge in [-0.25, -0.2) is 0 Å². The van der Waals surface area contributed by atoms with E-state index < -0.39 is 0 Å². The smallest absolute Gasteiger partial charge is 0.0801 e. The van der Waals surface area contributed by atoms with E-state index in [4.69, 9.17) is 10.5 Å². The lowest BCUT2D eigenvalue weighted by atomic mass is 9.89. The van der Waals surface area contributed by atoms with E-state index in [-0.39, 0.29) is 11.6 Å². The van der Waals surface area contributed by atoms with Gasteiger partial charge < -0.3 is 10.5 Å². The third kappa shape index (κ3) is 2.95. The van der Waals surface area contributed by atoms with Crippen molar-refractivity contribution in [3.8, 4) is 0 Å². The van der Waals surface area contributed by atoms with Gasteiger partial charge in [-0.2, -0.15) is 0 Å². The summed E-state index contributed by atoms with van der Waals surface area (Å²) in [5, 5.41) is 0. The van der Waals surface area contributed by atoms with Crippen molar-refractivity contribution in [2.24, 2.45) is 5.73 Å². The summed E-state index contributed by atoms with van der Waals surface area (Å²) in [5.41, 5.74) is 6.89. The summed E-state index contributed by atoms with van der Waals surface area (Å²) in [6.07, 6.45) is 1.76. The monoisotopic (exact) mass is 171 g/mol. The average molecular weight is 171 g/mol. The van der Waals surface area contributed by atoms with Crippen LogP contribution in [0.1, 0.15) is 33.6 Å². The van der Waals surface area contributed by atoms with Crippen LogP contribution in [0.4, 0.5) is 0 Å². The Kier molecular flexibility index (Phi) is 4.50. The molecule has 0 amide bonds. The molecule has 0 aromatic carbocycles. The molecular formula is C10H21NO. The molecule has 2 N–H and O–H groups in total. The number of methoxy groups -OCH3 is 1. The van der Waals surface area contributed by atoms with Crippen LogP contribution in [0, 0.1) is 0 Å². The number of hydrogen-bond donors (Lipinski definition) is 1. The first kappa shape index (κ1) is 11.7. The second kappa shape index (κ2) is 4.63. The van der Waals surface area contributed by atoms with Crippen molar-refractivity contribution in [1.82, 2.24) is 0 Å². The van der Waals surface area contributed by atoms with E-state index in [1.54, 1.807) is 7.11 Å². The molecular weight excluding hydrogens is 150 g/mol. The highest BCUT2D eigenvalue weighted by atomic mass is 16.5. The van der Waals surface area contributed by atoms with Gasteiger partial charge >= 0.3 is 0 Å². The Morgan fingerprint density at radius 3 is 2.42 bits per heavy atom. The summed E-state index contributed by atoms with van der Waals surface area (Å²) in [7, 11) is 1.71. The van der Waals surface area contributed by atoms with E-state index in [9.17, 15) is 0 Å². The van der Waals surface area contributed by atoms with Gasteiger partial charge in [-0.3, -0.25) is 0 Å². The molecule has 0 aliphatic rings. The lowest BCUT2D eigenvalue weighted by Gasteiger charge is -2.33. The van der Waals surface area contributed by atoms with Gasteiger partial charge in [0.1, 0.15) is 0 Å². The highest BCUT2D eigenvalue weighted by Gasteiger charge is 2.29. The highest BCUT2D eigenvalue weighted by Crippen LogP contribution is 2.21. The summed E-state index contributed by atoms with van der Waals surface area (Å²) in [6.45, 7) is 9.96. The molecule has 0 aliphatic heterocycles. The summed E-state index contributed by atoms with van der Waals surface area (Å²) in [5.74, 6) is 0. The average Bonchev–Trinajstić information content (AvgIpc) is 2.02. The fraction of sp³-hybridized carbons (Fsp3) is 0.800. The van der Waals surface area contributed by atoms with Crippen LogP contribution in [0.25, 0.3) is 0 Å². The lowest BCUT2D eigenvalue weighted by molar-refractivity contribution is -0.0184. The third-order valence-electron chi connectivity index (χ3n) is 2.52. The van der Waals surface area contributed by atoms with Crippen LogP contribution in [-0.2, 0) is 4.74 Å². The van der Waals surface area contributed by atoms with Gasteiger partial charge in [0.15, 0.2) is 0 Å². The number of nitrogens with two attached hydrogens (primary N) is 1. The van der Waals surface area contributed by atoms with Crippen molar-refractivity contribution in [2.45, 2.75) is 45.3 Å². The Bertz CT molecular complexity index is 150. The molecule has 0 aromatic heterocycles. The van der Waals surface area contributed by atoms with Crippen LogP contribution >= 0.6 is 0 Å². The molecule has 72 valence electrons. The van der Waals surface area contributed by atoms with Gasteiger partial charge in [0.25, 0.3) is 0 Å². The third-order valence-corrected chi connectivity index (χ3v) is 2.52. The van der Waals surface area contributed by atoms with E-state index in [1.807, 2.05) is 13.8 Å². The maximum absolute atomic E-state index is 5.99. The van der Waals surface area contributed by atoms with Crippen molar-refractivity contribution >= 4 is 0 Å². The molecule has 2 unspecified atom stereocenters. The lowest BCUT2D eigenvalue weighted by Crippen LogP contribution is -2.46. The topological polar surface area (TPSA) is 35.2 Å². The Balaban J connectivity index is 4.20. The summed E-state index contributed by atoms with van der Waals surface area (Å²) in [4.78, 5) is 0. The molecule has 0 saturated heterocycles. The van der Waals surface area contributed by atoms with Crippen LogP contribution < -0.4 is 5.73 Å². The zero-order valence-electron chi connectivity index (χ0n) is 8.68. The minimum Gasteiger partial charge on any atom is -0.377 e. The van der Waals surface area contributed by atoms with Gasteiger partial charge in [-0.15, -0.1) is 6.58 Å². The maximum Gasteiger partial charge on any atom is 0.0801 e. The molecule has 12 heavy (non-hydrogen) atoms. The quantitative estimate of drug-likeness (QED) is 0.643. The summed E-state index contributed by atoms with van der Waals surface area (Å²) >= 11 is 0. The standard InChI is InChI=1S/C10H21NO/c1-6-10(4,12-5)9(11)7-8(2)3/h9H,2,6-7,11H2,1,3-5H3. The maximum atomic E-state index is 5.99. The number of ether oxygens (including phenoxy) is 1. The Morgan fingerprint density at radius 1 is 1.67 bits per heavy atom. The molecule has 0 fully saturated rings. The van der Waals surface area contributed by atoms with Crippen molar-refractivity contribution in [3.05, 3.63) is 12.2 Å². The highest BCUT2D eigenvalue weighted by molar-refractivity contribution is 4.98. The van der Waals surface area contributed by atoms with Gasteiger partial charge in [0, 0.05) is 13.2 Å². The van der Waals surface area contributed by atoms with Crippen molar-refractivity contribution in [1.29, 1.82) is 0 Å². The molecule has 0 bridgehead atoms. The first-order valence-electron chi connectivity index (χ1n) is 4.41. The van der Waals surface area contributed by atoms with E-state index in [2.05, 4.69) is 13.5 Å². The van der Waals surface area contributed by atoms with Crippen LogP contribution in [0.5, 0.6) is 0 Å². The van der Waals surface area contributed by atoms with Crippen molar-refractivity contribution in [2.75, 3.05) is 7.11 Å². The first-order valence-corrected chi connectivity index (χ1v) is 4.41. The summed E-state index contributed by atoms with van der Waals surface area (Å²) in [6, 6.07) is 0.0463. The molecule has 0 aliphatic carbocycles. The zero-order chi connectivity index (χ0) is 9.78. The summed E-state index contributed by atoms with van der Waals surface area (Å²) < 4.78 is 5.38. The number of hydrogen-bond acceptors (Lipinski definition) is 2. The second-order valence-electron chi connectivity index (χ2n) is 3.64. The van der Waals surface area contributed by atoms with E-state index in [0.717, 1.165) is 18.4 Å². The largest absolute Gasteiger partial charge is 0.377 e. The fourth-order valence-corrected chi connectivity index (χ4v) is 1.15. The molecule has 0 saturated carbocycles. The minimum absolute atomic E-state index is 0.0463. The van der Waals surface area contributed by atoms with Gasteiger partial charge in [-0.05, 0) is 26.7 Å². The van der Waals surface area contributed by atoms with Crippen molar-refractivity contribution in [3.63, 3.8) is 0 Å². The van der Waals surface area contributed by atoms with Gasteiger partial charge in [-0.1, -0.05) is 12.5 Å². The fourth-order valence-electron chi connectivity index (χ4n) is 1.15. The predicted molar refractivity (Wildman–Crippen MR) is 53.1 cm³/mol. The minimum atomic E-state index is -0.209. The van der Waals surface area contributed by atoms with Crippen LogP contribution in [0.3, 0.4) is 0 Å². The van der Waals surface area contributed by atoms with E-state index in [1.165, 1.54) is 0 Å². The Hall–Kier alpha value is -0.340. The molecule has 2 nitrogen and oxygen atoms in total. The van der Waals surface area contributed by atoms with E-state index in [0.29, 0.717) is 0 Å². The normalized spacial score (nSPS) is 18.4. The van der Waals surface area contributed by atoms with Gasteiger partial charge in [0.2, 0.25) is 0 Å². The second-order valence-corrected chi connectivity index (χ2v) is 3.64. The molecule has 0 radical (unpaired) electrons. The zero-order valence-corrected chi connectivity index (χ0v) is 8.68. The molecule has 0 heterocycles. The SMILES string of the molecule is C=C(C)CC(N)C(C)(CC)OC. The van der Waals surface area contributed by atoms with E-state index >= 15 is 0 Å².